The first-order chi connectivity index (χ1) is 5.70. The molecule has 1 heterocycles. The Morgan fingerprint density at radius 2 is 2.25 bits per heavy atom. The third kappa shape index (κ3) is 0.898. The average Bonchev–Trinajstić information content (AvgIpc) is 2.48. The van der Waals surface area contributed by atoms with E-state index in [0.717, 1.165) is 10.9 Å². The number of aryl methyl sites for hydroxylation is 1. The highest BCUT2D eigenvalue weighted by Crippen LogP contribution is 2.30. The molecule has 3 heteroatoms. The molecule has 0 saturated carbocycles. The van der Waals surface area contributed by atoms with Gasteiger partial charge in [0, 0.05) is 11.1 Å². The molecule has 1 aromatic heterocycles. The lowest BCUT2D eigenvalue weighted by atomic mass is 10.1. The van der Waals surface area contributed by atoms with Crippen LogP contribution in [-0.2, 0) is 0 Å². The van der Waals surface area contributed by atoms with Crippen molar-refractivity contribution in [2.75, 3.05) is 5.73 Å². The molecule has 0 aliphatic carbocycles. The van der Waals surface area contributed by atoms with E-state index in [1.165, 1.54) is 17.4 Å². The number of nitrogen functional groups attached to an aromatic ring is 1. The average molecular weight is 181 g/mol. The zero-order valence-corrected chi connectivity index (χ0v) is 7.41. The highest BCUT2D eigenvalue weighted by Gasteiger charge is 2.07. The first kappa shape index (κ1) is 7.55. The van der Waals surface area contributed by atoms with Gasteiger partial charge in [0.15, 0.2) is 0 Å². The molecule has 2 N–H and O–H groups in total. The Kier molecular flexibility index (Phi) is 1.54. The Balaban J connectivity index is 2.97. The summed E-state index contributed by atoms with van der Waals surface area (Å²) in [5, 5.41) is 2.68. The Morgan fingerprint density at radius 3 is 3.00 bits per heavy atom. The lowest BCUT2D eigenvalue weighted by molar-refractivity contribution is 0.641. The quantitative estimate of drug-likeness (QED) is 0.621. The van der Waals surface area contributed by atoms with Crippen molar-refractivity contribution in [1.82, 2.24) is 0 Å². The van der Waals surface area contributed by atoms with E-state index in [0.29, 0.717) is 10.4 Å². The van der Waals surface area contributed by atoms with E-state index < -0.39 is 0 Å². The van der Waals surface area contributed by atoms with Crippen LogP contribution < -0.4 is 5.73 Å². The van der Waals surface area contributed by atoms with Crippen LogP contribution in [0.5, 0.6) is 0 Å². The monoisotopic (exact) mass is 181 g/mol. The number of hydrogen-bond acceptors (Lipinski definition) is 2. The molecule has 12 heavy (non-hydrogen) atoms. The van der Waals surface area contributed by atoms with E-state index in [2.05, 4.69) is 0 Å². The Hall–Kier alpha value is -1.09. The highest BCUT2D eigenvalue weighted by molar-refractivity contribution is 7.17. The number of hydrogen-bond donors (Lipinski definition) is 1. The molecule has 0 aliphatic rings. The van der Waals surface area contributed by atoms with Gasteiger partial charge in [0.1, 0.15) is 5.82 Å². The number of fused-ring (bicyclic) bond motifs is 1. The molecular formula is C9H8FNS. The summed E-state index contributed by atoms with van der Waals surface area (Å²) in [7, 11) is 0. The van der Waals surface area contributed by atoms with Gasteiger partial charge in [-0.2, -0.15) is 0 Å². The van der Waals surface area contributed by atoms with Gasteiger partial charge in [0.2, 0.25) is 0 Å². The summed E-state index contributed by atoms with van der Waals surface area (Å²) in [5.41, 5.74) is 7.26. The van der Waals surface area contributed by atoms with Crippen LogP contribution in [0.1, 0.15) is 5.56 Å². The van der Waals surface area contributed by atoms with Crippen LogP contribution in [0.4, 0.5) is 10.1 Å². The third-order valence-electron chi connectivity index (χ3n) is 1.94. The predicted molar refractivity (Wildman–Crippen MR) is 50.9 cm³/mol. The van der Waals surface area contributed by atoms with Gasteiger partial charge in [-0.05, 0) is 30.0 Å². The maximum atomic E-state index is 13.2. The fourth-order valence-corrected chi connectivity index (χ4v) is 2.07. The van der Waals surface area contributed by atoms with Gasteiger partial charge < -0.3 is 5.73 Å². The molecule has 1 aromatic carbocycles. The highest BCUT2D eigenvalue weighted by atomic mass is 32.1. The molecule has 0 aliphatic heterocycles. The molecule has 62 valence electrons. The minimum atomic E-state index is -0.174. The number of nitrogens with two attached hydrogens (primary N) is 1. The summed E-state index contributed by atoms with van der Waals surface area (Å²) in [4.78, 5) is 0. The van der Waals surface area contributed by atoms with E-state index in [1.54, 1.807) is 0 Å². The lowest BCUT2D eigenvalue weighted by Gasteiger charge is -2.01. The van der Waals surface area contributed by atoms with E-state index in [9.17, 15) is 4.39 Å². The van der Waals surface area contributed by atoms with Gasteiger partial charge in [-0.3, -0.25) is 0 Å². The number of anilines is 1. The van der Waals surface area contributed by atoms with Crippen LogP contribution in [0.25, 0.3) is 10.1 Å². The molecule has 0 atom stereocenters. The van der Waals surface area contributed by atoms with Crippen LogP contribution in [0.15, 0.2) is 17.5 Å². The number of rotatable bonds is 0. The van der Waals surface area contributed by atoms with Gasteiger partial charge in [-0.25, -0.2) is 4.39 Å². The fraction of sp³-hybridized carbons (Fsp3) is 0.111. The van der Waals surface area contributed by atoms with Gasteiger partial charge in [-0.15, -0.1) is 11.3 Å². The molecule has 2 rings (SSSR count). The van der Waals surface area contributed by atoms with Gasteiger partial charge in [0.05, 0.1) is 4.70 Å². The van der Waals surface area contributed by atoms with E-state index in [-0.39, 0.29) is 5.82 Å². The minimum absolute atomic E-state index is 0.174. The van der Waals surface area contributed by atoms with Gasteiger partial charge >= 0.3 is 0 Å². The maximum Gasteiger partial charge on any atom is 0.141 e. The molecule has 0 radical (unpaired) electrons. The topological polar surface area (TPSA) is 26.0 Å². The summed E-state index contributed by atoms with van der Waals surface area (Å²) < 4.78 is 13.9. The Morgan fingerprint density at radius 1 is 1.50 bits per heavy atom. The largest absolute Gasteiger partial charge is 0.398 e. The second kappa shape index (κ2) is 2.45. The number of halogens is 1. The Labute approximate surface area is 73.6 Å². The number of thiophene rings is 1. The van der Waals surface area contributed by atoms with E-state index in [1.807, 2.05) is 18.4 Å². The van der Waals surface area contributed by atoms with Crippen LogP contribution in [0.2, 0.25) is 0 Å². The van der Waals surface area contributed by atoms with Gasteiger partial charge in [0.25, 0.3) is 0 Å². The molecule has 0 unspecified atom stereocenters. The minimum Gasteiger partial charge on any atom is -0.398 e. The van der Waals surface area contributed by atoms with Crippen molar-refractivity contribution < 1.29 is 4.39 Å². The Bertz CT molecular complexity index is 433. The molecule has 1 nitrogen and oxygen atoms in total. The van der Waals surface area contributed by atoms with Crippen molar-refractivity contribution >= 4 is 27.1 Å². The van der Waals surface area contributed by atoms with Crippen LogP contribution in [0.3, 0.4) is 0 Å². The van der Waals surface area contributed by atoms with Crippen molar-refractivity contribution in [2.45, 2.75) is 6.92 Å². The molecule has 0 amide bonds. The predicted octanol–water partition coefficient (Wildman–Crippen LogP) is 2.93. The summed E-state index contributed by atoms with van der Waals surface area (Å²) in [6, 6.07) is 3.33. The molecule has 0 bridgehead atoms. The molecule has 0 spiro atoms. The van der Waals surface area contributed by atoms with Crippen molar-refractivity contribution in [3.05, 3.63) is 28.9 Å². The summed E-state index contributed by atoms with van der Waals surface area (Å²) in [6.45, 7) is 1.82. The zero-order valence-electron chi connectivity index (χ0n) is 6.60. The van der Waals surface area contributed by atoms with Crippen LogP contribution in [-0.4, -0.2) is 0 Å². The molecular weight excluding hydrogens is 173 g/mol. The van der Waals surface area contributed by atoms with Crippen LogP contribution >= 0.6 is 11.3 Å². The van der Waals surface area contributed by atoms with Gasteiger partial charge in [-0.1, -0.05) is 0 Å². The summed E-state index contributed by atoms with van der Waals surface area (Å²) >= 11 is 1.38. The molecule has 0 saturated heterocycles. The zero-order chi connectivity index (χ0) is 8.72. The lowest BCUT2D eigenvalue weighted by Crippen LogP contribution is -1.91. The number of benzene rings is 1. The van der Waals surface area contributed by atoms with E-state index in [4.69, 9.17) is 5.73 Å². The molecule has 0 fully saturated rings. The van der Waals surface area contributed by atoms with Crippen molar-refractivity contribution in [2.24, 2.45) is 0 Å². The standard InChI is InChI=1S/C9H8FNS/c1-5-4-7(10)9-6(8(5)11)2-3-12-9/h2-4H,11H2,1H3. The third-order valence-corrected chi connectivity index (χ3v) is 2.86. The van der Waals surface area contributed by atoms with Crippen molar-refractivity contribution in [1.29, 1.82) is 0 Å². The first-order valence-corrected chi connectivity index (χ1v) is 4.50. The summed E-state index contributed by atoms with van der Waals surface area (Å²) in [6.07, 6.45) is 0. The SMILES string of the molecule is Cc1cc(F)c2sccc2c1N. The van der Waals surface area contributed by atoms with Crippen molar-refractivity contribution in [3.8, 4) is 0 Å². The normalized spacial score (nSPS) is 10.8. The fourth-order valence-electron chi connectivity index (χ4n) is 1.25. The first-order valence-electron chi connectivity index (χ1n) is 3.62. The summed E-state index contributed by atoms with van der Waals surface area (Å²) in [5.74, 6) is -0.174. The smallest absolute Gasteiger partial charge is 0.141 e. The maximum absolute atomic E-state index is 13.2. The van der Waals surface area contributed by atoms with Crippen LogP contribution in [0, 0.1) is 12.7 Å². The van der Waals surface area contributed by atoms with Crippen molar-refractivity contribution in [3.63, 3.8) is 0 Å². The second-order valence-electron chi connectivity index (χ2n) is 2.75. The van der Waals surface area contributed by atoms with E-state index >= 15 is 0 Å². The molecule has 2 aromatic rings. The second-order valence-corrected chi connectivity index (χ2v) is 3.67.